The normalized spacial score (nSPS) is 19.7. The van der Waals surface area contributed by atoms with Crippen molar-refractivity contribution in [3.8, 4) is 0 Å². The molecular weight excluding hydrogens is 300 g/mol. The van der Waals surface area contributed by atoms with Crippen molar-refractivity contribution in [2.45, 2.75) is 92.6 Å². The number of hydrogen-bond donors (Lipinski definition) is 0. The van der Waals surface area contributed by atoms with E-state index in [9.17, 15) is 0 Å². The monoisotopic (exact) mass is 338 g/mol. The summed E-state index contributed by atoms with van der Waals surface area (Å²) < 4.78 is 6.06. The van der Waals surface area contributed by atoms with E-state index in [1.165, 1.54) is 49.0 Å². The lowest BCUT2D eigenvalue weighted by molar-refractivity contribution is 0.186. The zero-order chi connectivity index (χ0) is 17.2. The van der Waals surface area contributed by atoms with Crippen LogP contribution in [0, 0.1) is 17.8 Å². The highest BCUT2D eigenvalue weighted by molar-refractivity contribution is 7.98. The van der Waals surface area contributed by atoms with Crippen LogP contribution in [-0.4, -0.2) is 6.10 Å². The molecule has 0 N–H and O–H groups in total. The molecule has 134 valence electrons. The third-order valence-electron chi connectivity index (χ3n) is 4.84. The fraction of sp³-hybridized carbons (Fsp3) is 0.810. The van der Waals surface area contributed by atoms with E-state index in [1.54, 1.807) is 12.0 Å². The van der Waals surface area contributed by atoms with Gasteiger partial charge < -0.3 is 4.18 Å². The molecule has 0 amide bonds. The standard InChI is InChI=1S/C21H38OS/c1-7-20(23-22-19-11-9-8-10-12-19)14-13-18(6)21(17(4)5)15-16(2)3/h13-14,16-17,19,21H,7-12,15H2,1-6H3/b18-13+,20-14+. The second kappa shape index (κ2) is 11.4. The van der Waals surface area contributed by atoms with Gasteiger partial charge in [0.15, 0.2) is 0 Å². The largest absolute Gasteiger partial charge is 0.307 e. The average Bonchev–Trinajstić information content (AvgIpc) is 2.53. The fourth-order valence-corrected chi connectivity index (χ4v) is 4.03. The van der Waals surface area contributed by atoms with Crippen molar-refractivity contribution >= 4 is 12.0 Å². The number of hydrogen-bond acceptors (Lipinski definition) is 2. The Hall–Kier alpha value is -0.210. The van der Waals surface area contributed by atoms with Crippen molar-refractivity contribution in [2.75, 3.05) is 0 Å². The number of rotatable bonds is 9. The molecule has 0 aromatic heterocycles. The summed E-state index contributed by atoms with van der Waals surface area (Å²) >= 11 is 1.62. The highest BCUT2D eigenvalue weighted by Crippen LogP contribution is 2.31. The molecular formula is C21H38OS. The summed E-state index contributed by atoms with van der Waals surface area (Å²) in [4.78, 5) is 1.35. The van der Waals surface area contributed by atoms with Gasteiger partial charge >= 0.3 is 0 Å². The molecule has 0 saturated heterocycles. The van der Waals surface area contributed by atoms with E-state index in [2.05, 4.69) is 53.7 Å². The van der Waals surface area contributed by atoms with Gasteiger partial charge in [-0.05, 0) is 50.4 Å². The Labute approximate surface area is 149 Å². The molecule has 1 aliphatic carbocycles. The van der Waals surface area contributed by atoms with Crippen molar-refractivity contribution < 1.29 is 4.18 Å². The van der Waals surface area contributed by atoms with E-state index in [4.69, 9.17) is 4.18 Å². The van der Waals surface area contributed by atoms with Crippen LogP contribution in [0.1, 0.15) is 86.5 Å². The van der Waals surface area contributed by atoms with Gasteiger partial charge in [-0.25, -0.2) is 0 Å². The molecule has 0 heterocycles. The van der Waals surface area contributed by atoms with Gasteiger partial charge in [0.05, 0.1) is 6.10 Å². The molecule has 23 heavy (non-hydrogen) atoms. The lowest BCUT2D eigenvalue weighted by Gasteiger charge is -2.24. The Kier molecular flexibility index (Phi) is 10.3. The summed E-state index contributed by atoms with van der Waals surface area (Å²) in [5, 5.41) is 0. The zero-order valence-corrected chi connectivity index (χ0v) is 17.0. The summed E-state index contributed by atoms with van der Waals surface area (Å²) in [7, 11) is 0. The van der Waals surface area contributed by atoms with Gasteiger partial charge in [0.1, 0.15) is 0 Å². The average molecular weight is 339 g/mol. The first-order chi connectivity index (χ1) is 10.9. The molecule has 2 heteroatoms. The topological polar surface area (TPSA) is 9.23 Å². The molecule has 0 aromatic rings. The number of allylic oxidation sites excluding steroid dienone is 4. The second-order valence-electron chi connectivity index (χ2n) is 7.82. The fourth-order valence-electron chi connectivity index (χ4n) is 3.34. The zero-order valence-electron chi connectivity index (χ0n) is 16.2. The Balaban J connectivity index is 2.59. The Morgan fingerprint density at radius 1 is 1.09 bits per heavy atom. The third-order valence-corrected chi connectivity index (χ3v) is 5.85. The minimum atomic E-state index is 0.470. The lowest BCUT2D eigenvalue weighted by atomic mass is 9.82. The van der Waals surface area contributed by atoms with E-state index in [0.717, 1.165) is 12.3 Å². The molecule has 1 saturated carbocycles. The molecule has 1 fully saturated rings. The minimum Gasteiger partial charge on any atom is -0.307 e. The summed E-state index contributed by atoms with van der Waals surface area (Å²) in [6.07, 6.45) is 14.0. The van der Waals surface area contributed by atoms with E-state index < -0.39 is 0 Å². The molecule has 0 aliphatic heterocycles. The predicted octanol–water partition coefficient (Wildman–Crippen LogP) is 7.54. The van der Waals surface area contributed by atoms with Gasteiger partial charge in [-0.15, -0.1) is 0 Å². The summed E-state index contributed by atoms with van der Waals surface area (Å²) in [6.45, 7) is 13.9. The molecule has 1 nitrogen and oxygen atoms in total. The quantitative estimate of drug-likeness (QED) is 0.317. The van der Waals surface area contributed by atoms with Crippen LogP contribution in [0.25, 0.3) is 0 Å². The van der Waals surface area contributed by atoms with Crippen LogP contribution in [0.5, 0.6) is 0 Å². The van der Waals surface area contributed by atoms with Crippen LogP contribution in [-0.2, 0) is 4.18 Å². The molecule has 0 aromatic carbocycles. The maximum Gasteiger partial charge on any atom is 0.0726 e. The molecule has 1 rings (SSSR count). The summed E-state index contributed by atoms with van der Waals surface area (Å²) in [6, 6.07) is 0. The van der Waals surface area contributed by atoms with Crippen LogP contribution in [0.4, 0.5) is 0 Å². The lowest BCUT2D eigenvalue weighted by Crippen LogP contribution is -2.13. The SMILES string of the molecule is CC/C(=C\C=C(/C)C(CC(C)C)C(C)C)SOC1CCCCC1. The highest BCUT2D eigenvalue weighted by Gasteiger charge is 2.17. The molecule has 1 atom stereocenters. The van der Waals surface area contributed by atoms with Crippen molar-refractivity contribution in [2.24, 2.45) is 17.8 Å². The van der Waals surface area contributed by atoms with Crippen LogP contribution in [0.15, 0.2) is 22.6 Å². The van der Waals surface area contributed by atoms with E-state index >= 15 is 0 Å². The summed E-state index contributed by atoms with van der Waals surface area (Å²) in [5.74, 6) is 2.15. The Morgan fingerprint density at radius 2 is 1.74 bits per heavy atom. The second-order valence-corrected chi connectivity index (χ2v) is 8.70. The molecule has 0 spiro atoms. The van der Waals surface area contributed by atoms with Crippen LogP contribution >= 0.6 is 12.0 Å². The molecule has 0 radical (unpaired) electrons. The first kappa shape index (κ1) is 20.8. The van der Waals surface area contributed by atoms with Crippen molar-refractivity contribution in [1.82, 2.24) is 0 Å². The molecule has 1 unspecified atom stereocenters. The Bertz CT molecular complexity index is 375. The van der Waals surface area contributed by atoms with Gasteiger partial charge in [-0.3, -0.25) is 0 Å². The van der Waals surface area contributed by atoms with Gasteiger partial charge in [0.2, 0.25) is 0 Å². The van der Waals surface area contributed by atoms with Crippen molar-refractivity contribution in [3.63, 3.8) is 0 Å². The van der Waals surface area contributed by atoms with E-state index in [0.29, 0.717) is 17.9 Å². The van der Waals surface area contributed by atoms with Crippen LogP contribution in [0.2, 0.25) is 0 Å². The van der Waals surface area contributed by atoms with Crippen molar-refractivity contribution in [3.05, 3.63) is 22.6 Å². The van der Waals surface area contributed by atoms with Crippen LogP contribution in [0.3, 0.4) is 0 Å². The maximum atomic E-state index is 6.06. The predicted molar refractivity (Wildman–Crippen MR) is 105 cm³/mol. The van der Waals surface area contributed by atoms with E-state index in [1.807, 2.05) is 0 Å². The van der Waals surface area contributed by atoms with Gasteiger partial charge in [-0.2, -0.15) is 0 Å². The van der Waals surface area contributed by atoms with Gasteiger partial charge in [0.25, 0.3) is 0 Å². The highest BCUT2D eigenvalue weighted by atomic mass is 32.2. The molecule has 0 bridgehead atoms. The maximum absolute atomic E-state index is 6.06. The van der Waals surface area contributed by atoms with Gasteiger partial charge in [-0.1, -0.05) is 71.6 Å². The van der Waals surface area contributed by atoms with Crippen molar-refractivity contribution in [1.29, 1.82) is 0 Å². The molecule has 1 aliphatic rings. The first-order valence-electron chi connectivity index (χ1n) is 9.64. The smallest absolute Gasteiger partial charge is 0.0726 e. The third kappa shape index (κ3) is 8.44. The van der Waals surface area contributed by atoms with Gasteiger partial charge in [0, 0.05) is 16.9 Å². The first-order valence-corrected chi connectivity index (χ1v) is 10.4. The summed E-state index contributed by atoms with van der Waals surface area (Å²) in [5.41, 5.74) is 1.51. The van der Waals surface area contributed by atoms with Crippen LogP contribution < -0.4 is 0 Å². The minimum absolute atomic E-state index is 0.470. The van der Waals surface area contributed by atoms with E-state index in [-0.39, 0.29) is 0 Å². The Morgan fingerprint density at radius 3 is 2.26 bits per heavy atom.